The molecule has 0 bridgehead atoms. The molecule has 0 saturated carbocycles. The average molecular weight is 775 g/mol. The maximum atomic E-state index is 6.67. The van der Waals surface area contributed by atoms with Crippen molar-refractivity contribution in [3.63, 3.8) is 0 Å². The van der Waals surface area contributed by atoms with Gasteiger partial charge in [-0.3, -0.25) is 0 Å². The van der Waals surface area contributed by atoms with Crippen LogP contribution in [-0.2, 0) is 0 Å². The van der Waals surface area contributed by atoms with E-state index in [1.165, 1.54) is 10.6 Å². The van der Waals surface area contributed by atoms with Crippen LogP contribution in [0.5, 0.6) is 23.0 Å². The number of hydrogen-bond acceptors (Lipinski definition) is 4. The van der Waals surface area contributed by atoms with Gasteiger partial charge >= 0.3 is 0 Å². The van der Waals surface area contributed by atoms with Gasteiger partial charge in [-0.15, -0.1) is 0 Å². The fraction of sp³-hybridized carbons (Fsp3) is 0. The van der Waals surface area contributed by atoms with Gasteiger partial charge in [-0.05, 0) is 81.9 Å². The molecular formula is C54H31O4P. The average Bonchev–Trinajstić information content (AvgIpc) is 3.88. The SMILES string of the molecule is c1cc2c3c(c1)Oc1cc(-c4ccc(-c5cccc6c5oc5ccccc56)cc4)ccc1P3c1ccc(-c3ccc(-c4cccc5c4oc4ccccc45)cc3)cc1O2. The molecule has 0 amide bonds. The van der Waals surface area contributed by atoms with Gasteiger partial charge in [-0.1, -0.05) is 140 Å². The Morgan fingerprint density at radius 1 is 0.305 bits per heavy atom. The molecule has 0 aliphatic carbocycles. The maximum absolute atomic E-state index is 6.67. The number of para-hydroxylation sites is 4. The van der Waals surface area contributed by atoms with Gasteiger partial charge in [0.2, 0.25) is 0 Å². The Morgan fingerprint density at radius 2 is 0.712 bits per heavy atom. The summed E-state index contributed by atoms with van der Waals surface area (Å²) in [4.78, 5) is 0. The first-order valence-corrected chi connectivity index (χ1v) is 21.2. The summed E-state index contributed by atoms with van der Waals surface area (Å²) in [6.07, 6.45) is 0. The van der Waals surface area contributed by atoms with Crippen molar-refractivity contribution in [1.29, 1.82) is 0 Å². The Kier molecular flexibility index (Phi) is 6.95. The summed E-state index contributed by atoms with van der Waals surface area (Å²) < 4.78 is 26.0. The molecule has 0 fully saturated rings. The van der Waals surface area contributed by atoms with Gasteiger partial charge in [0, 0.05) is 51.2 Å². The molecule has 0 radical (unpaired) electrons. The van der Waals surface area contributed by atoms with E-state index in [0.29, 0.717) is 0 Å². The van der Waals surface area contributed by atoms with Crippen LogP contribution in [-0.4, -0.2) is 0 Å². The Morgan fingerprint density at radius 3 is 1.20 bits per heavy atom. The minimum Gasteiger partial charge on any atom is -0.456 e. The molecule has 2 aromatic heterocycles. The molecule has 2 aliphatic heterocycles. The third-order valence-electron chi connectivity index (χ3n) is 11.9. The fourth-order valence-electron chi connectivity index (χ4n) is 9.05. The van der Waals surface area contributed by atoms with E-state index in [1.54, 1.807) is 0 Å². The van der Waals surface area contributed by atoms with Gasteiger partial charge in [0.1, 0.15) is 45.3 Å². The number of ether oxygens (including phenoxy) is 2. The van der Waals surface area contributed by atoms with Crippen LogP contribution >= 0.6 is 7.92 Å². The summed E-state index contributed by atoms with van der Waals surface area (Å²) >= 11 is 0. The predicted molar refractivity (Wildman–Crippen MR) is 242 cm³/mol. The Balaban J connectivity index is 0.828. The highest BCUT2D eigenvalue weighted by Crippen LogP contribution is 2.53. The summed E-state index contributed by atoms with van der Waals surface area (Å²) in [5.74, 6) is 3.50. The van der Waals surface area contributed by atoms with Gasteiger partial charge in [0.25, 0.3) is 0 Å². The highest BCUT2D eigenvalue weighted by atomic mass is 31.1. The second-order valence-corrected chi connectivity index (χ2v) is 17.3. The summed E-state index contributed by atoms with van der Waals surface area (Å²) in [7, 11) is -0.907. The lowest BCUT2D eigenvalue weighted by Gasteiger charge is -2.34. The highest BCUT2D eigenvalue weighted by molar-refractivity contribution is 7.80. The van der Waals surface area contributed by atoms with Crippen molar-refractivity contribution in [2.24, 2.45) is 0 Å². The maximum Gasteiger partial charge on any atom is 0.143 e. The molecule has 11 aromatic rings. The first kappa shape index (κ1) is 32.7. The van der Waals surface area contributed by atoms with E-state index in [-0.39, 0.29) is 0 Å². The van der Waals surface area contributed by atoms with E-state index in [0.717, 1.165) is 117 Å². The van der Waals surface area contributed by atoms with Crippen LogP contribution in [0.3, 0.4) is 0 Å². The van der Waals surface area contributed by atoms with E-state index < -0.39 is 7.92 Å². The van der Waals surface area contributed by atoms with E-state index in [9.17, 15) is 0 Å². The molecule has 2 aliphatic rings. The molecular weight excluding hydrogens is 744 g/mol. The minimum atomic E-state index is -0.907. The number of fused-ring (bicyclic) bond motifs is 10. The monoisotopic (exact) mass is 774 g/mol. The number of rotatable bonds is 4. The zero-order valence-corrected chi connectivity index (χ0v) is 32.4. The van der Waals surface area contributed by atoms with Crippen molar-refractivity contribution in [2.75, 3.05) is 0 Å². The molecule has 13 rings (SSSR count). The topological polar surface area (TPSA) is 44.7 Å². The smallest absolute Gasteiger partial charge is 0.143 e. The van der Waals surface area contributed by atoms with E-state index in [2.05, 4.69) is 158 Å². The fourth-order valence-corrected chi connectivity index (χ4v) is 11.6. The number of hydrogen-bond donors (Lipinski definition) is 0. The number of furan rings is 2. The molecule has 4 nitrogen and oxygen atoms in total. The standard InChI is InChI=1S/C54H31O4P/c1-3-14-44-40(8-1)42-12-5-10-38(52(42)57-44)34-22-18-32(19-23-34)36-26-28-50-48(30-36)55-46-16-7-17-47-54(46)59(50)51-29-27-37(31-49(51)56-47)33-20-24-35(25-21-33)39-11-6-13-43-41-9-2-4-15-45(41)58-53(39)43/h1-31H. The highest BCUT2D eigenvalue weighted by Gasteiger charge is 2.37. The largest absolute Gasteiger partial charge is 0.456 e. The molecule has 59 heavy (non-hydrogen) atoms. The van der Waals surface area contributed by atoms with Crippen LogP contribution in [0, 0.1) is 0 Å². The Labute approximate surface area is 340 Å². The van der Waals surface area contributed by atoms with Crippen LogP contribution < -0.4 is 25.4 Å². The quantitative estimate of drug-likeness (QED) is 0.167. The van der Waals surface area contributed by atoms with Crippen molar-refractivity contribution in [3.8, 4) is 67.5 Å². The van der Waals surface area contributed by atoms with Gasteiger partial charge in [0.05, 0.1) is 5.30 Å². The van der Waals surface area contributed by atoms with Crippen molar-refractivity contribution >= 4 is 67.7 Å². The van der Waals surface area contributed by atoms with Gasteiger partial charge in [-0.25, -0.2) is 0 Å². The molecule has 4 heterocycles. The summed E-state index contributed by atoms with van der Waals surface area (Å²) in [6.45, 7) is 0. The van der Waals surface area contributed by atoms with Crippen LogP contribution in [0.1, 0.15) is 0 Å². The molecule has 5 heteroatoms. The van der Waals surface area contributed by atoms with Crippen molar-refractivity contribution in [2.45, 2.75) is 0 Å². The van der Waals surface area contributed by atoms with Gasteiger partial charge < -0.3 is 18.3 Å². The predicted octanol–water partition coefficient (Wildman–Crippen LogP) is 14.1. The molecule has 276 valence electrons. The van der Waals surface area contributed by atoms with E-state index in [4.69, 9.17) is 18.3 Å². The second-order valence-electron chi connectivity index (χ2n) is 15.2. The van der Waals surface area contributed by atoms with Gasteiger partial charge in [-0.2, -0.15) is 0 Å². The molecule has 0 saturated heterocycles. The third kappa shape index (κ3) is 5.00. The lowest BCUT2D eigenvalue weighted by Crippen LogP contribution is -2.31. The molecule has 0 unspecified atom stereocenters. The molecule has 0 N–H and O–H groups in total. The van der Waals surface area contributed by atoms with Crippen LogP contribution in [0.15, 0.2) is 197 Å². The second kappa shape index (κ2) is 12.6. The van der Waals surface area contributed by atoms with E-state index in [1.807, 2.05) is 30.3 Å². The first-order chi connectivity index (χ1) is 29.2. The summed E-state index contributed by atoms with van der Waals surface area (Å²) in [5, 5.41) is 8.06. The van der Waals surface area contributed by atoms with E-state index >= 15 is 0 Å². The van der Waals surface area contributed by atoms with Crippen molar-refractivity contribution in [1.82, 2.24) is 0 Å². The normalized spacial score (nSPS) is 12.9. The Bertz CT molecular complexity index is 3270. The minimum absolute atomic E-state index is 0.859. The van der Waals surface area contributed by atoms with Crippen molar-refractivity contribution in [3.05, 3.63) is 188 Å². The zero-order valence-electron chi connectivity index (χ0n) is 31.5. The lowest BCUT2D eigenvalue weighted by atomic mass is 9.98. The number of benzene rings is 9. The first-order valence-electron chi connectivity index (χ1n) is 19.8. The molecule has 0 spiro atoms. The summed E-state index contributed by atoms with van der Waals surface area (Å²) in [6, 6.07) is 66.2. The summed E-state index contributed by atoms with van der Waals surface area (Å²) in [5.41, 5.74) is 12.5. The van der Waals surface area contributed by atoms with Gasteiger partial charge in [0.15, 0.2) is 0 Å². The van der Waals surface area contributed by atoms with Crippen LogP contribution in [0.25, 0.3) is 88.4 Å². The molecule has 9 aromatic carbocycles. The van der Waals surface area contributed by atoms with Crippen LogP contribution in [0.4, 0.5) is 0 Å². The van der Waals surface area contributed by atoms with Crippen molar-refractivity contribution < 1.29 is 18.3 Å². The third-order valence-corrected chi connectivity index (χ3v) is 14.5. The Hall–Kier alpha value is -7.39. The van der Waals surface area contributed by atoms with Crippen LogP contribution in [0.2, 0.25) is 0 Å². The lowest BCUT2D eigenvalue weighted by molar-refractivity contribution is 0.467. The zero-order chi connectivity index (χ0) is 38.6. The molecule has 0 atom stereocenters.